The Labute approximate surface area is 193 Å². The first kappa shape index (κ1) is 26.1. The van der Waals surface area contributed by atoms with Crippen molar-refractivity contribution in [3.8, 4) is 5.75 Å². The van der Waals surface area contributed by atoms with Crippen LogP contribution >= 0.6 is 11.6 Å². The largest absolute Gasteiger partial charge is 0.492 e. The molecule has 0 bridgehead atoms. The molecule has 2 N–H and O–H groups in total. The molecule has 32 heavy (non-hydrogen) atoms. The second kappa shape index (κ2) is 10.6. The van der Waals surface area contributed by atoms with Gasteiger partial charge in [0, 0.05) is 12.2 Å². The van der Waals surface area contributed by atoms with E-state index < -0.39 is 32.5 Å². The van der Waals surface area contributed by atoms with Gasteiger partial charge >= 0.3 is 0 Å². The molecule has 1 amide bonds. The Morgan fingerprint density at radius 1 is 1.06 bits per heavy atom. The first-order valence-corrected chi connectivity index (χ1v) is 13.0. The molecule has 0 aliphatic rings. The van der Waals surface area contributed by atoms with Crippen LogP contribution in [0.25, 0.3) is 0 Å². The molecule has 0 fully saturated rings. The van der Waals surface area contributed by atoms with Crippen molar-refractivity contribution in [1.82, 2.24) is 9.03 Å². The fraction of sp³-hybridized carbons (Fsp3) is 0.350. The zero-order valence-electron chi connectivity index (χ0n) is 18.2. The van der Waals surface area contributed by atoms with E-state index in [-0.39, 0.29) is 27.0 Å². The smallest absolute Gasteiger partial charge is 0.243 e. The molecule has 0 saturated heterocycles. The highest BCUT2D eigenvalue weighted by Gasteiger charge is 2.26. The van der Waals surface area contributed by atoms with Crippen LogP contribution in [0.4, 0.5) is 5.69 Å². The molecule has 0 spiro atoms. The summed E-state index contributed by atoms with van der Waals surface area (Å²) >= 11 is 6.11. The lowest BCUT2D eigenvalue weighted by molar-refractivity contribution is -0.116. The van der Waals surface area contributed by atoms with Crippen LogP contribution in [0.15, 0.2) is 46.2 Å². The molecule has 2 aromatic carbocycles. The van der Waals surface area contributed by atoms with Gasteiger partial charge in [0.25, 0.3) is 0 Å². The van der Waals surface area contributed by atoms with Crippen molar-refractivity contribution in [2.24, 2.45) is 0 Å². The molecule has 0 saturated carbocycles. The van der Waals surface area contributed by atoms with Crippen LogP contribution in [0.1, 0.15) is 19.4 Å². The Kier molecular flexibility index (Phi) is 8.66. The van der Waals surface area contributed by atoms with Crippen LogP contribution in [0.5, 0.6) is 5.75 Å². The number of benzene rings is 2. The summed E-state index contributed by atoms with van der Waals surface area (Å²) in [5, 5.41) is 2.73. The maximum Gasteiger partial charge on any atom is 0.243 e. The summed E-state index contributed by atoms with van der Waals surface area (Å²) in [7, 11) is -6.43. The fourth-order valence-corrected chi connectivity index (χ4v) is 5.29. The van der Waals surface area contributed by atoms with Gasteiger partial charge in [0.15, 0.2) is 0 Å². The van der Waals surface area contributed by atoms with Gasteiger partial charge in [-0.2, -0.15) is 4.31 Å². The summed E-state index contributed by atoms with van der Waals surface area (Å²) in [6, 6.07) is 8.38. The summed E-state index contributed by atoms with van der Waals surface area (Å²) in [5.41, 5.74) is 0.890. The van der Waals surface area contributed by atoms with E-state index in [4.69, 9.17) is 16.3 Å². The zero-order valence-corrected chi connectivity index (χ0v) is 20.6. The number of hydrogen-bond acceptors (Lipinski definition) is 6. The highest BCUT2D eigenvalue weighted by atomic mass is 35.5. The number of nitrogens with one attached hydrogen (secondary N) is 2. The van der Waals surface area contributed by atoms with Crippen LogP contribution in [0.2, 0.25) is 5.02 Å². The number of rotatable bonds is 10. The van der Waals surface area contributed by atoms with Gasteiger partial charge < -0.3 is 10.1 Å². The number of anilines is 1. The van der Waals surface area contributed by atoms with Gasteiger partial charge in [0.05, 0.1) is 28.0 Å². The number of sulfonamides is 2. The Balaban J connectivity index is 2.25. The first-order chi connectivity index (χ1) is 15.0. The van der Waals surface area contributed by atoms with Gasteiger partial charge in [-0.05, 0) is 56.8 Å². The van der Waals surface area contributed by atoms with Gasteiger partial charge in [-0.25, -0.2) is 21.6 Å². The highest BCUT2D eigenvalue weighted by molar-refractivity contribution is 7.89. The summed E-state index contributed by atoms with van der Waals surface area (Å²) < 4.78 is 58.6. The molecule has 0 radical (unpaired) electrons. The van der Waals surface area contributed by atoms with Crippen molar-refractivity contribution >= 4 is 43.2 Å². The minimum Gasteiger partial charge on any atom is -0.492 e. The SMILES string of the molecule is CCOc1ccc(S(=O)(=O)N(CC)CC(=O)Nc2cc(S(=O)(=O)NC)ccc2C)cc1Cl. The van der Waals surface area contributed by atoms with Crippen LogP contribution in [0.3, 0.4) is 0 Å². The summed E-state index contributed by atoms with van der Waals surface area (Å²) in [4.78, 5) is 12.5. The molecule has 0 unspecified atom stereocenters. The predicted molar refractivity (Wildman–Crippen MR) is 123 cm³/mol. The van der Waals surface area contributed by atoms with Crippen LogP contribution in [-0.4, -0.2) is 53.8 Å². The number of aryl methyl sites for hydroxylation is 1. The Morgan fingerprint density at radius 3 is 2.28 bits per heavy atom. The van der Waals surface area contributed by atoms with Crippen molar-refractivity contribution < 1.29 is 26.4 Å². The summed E-state index contributed by atoms with van der Waals surface area (Å²) in [6.45, 7) is 5.03. The van der Waals surface area contributed by atoms with E-state index in [0.717, 1.165) is 4.31 Å². The average Bonchev–Trinajstić information content (AvgIpc) is 2.74. The zero-order chi connectivity index (χ0) is 24.1. The molecule has 0 heterocycles. The van der Waals surface area contributed by atoms with Crippen molar-refractivity contribution in [3.63, 3.8) is 0 Å². The van der Waals surface area contributed by atoms with Crippen molar-refractivity contribution in [1.29, 1.82) is 0 Å². The maximum atomic E-state index is 13.0. The second-order valence-corrected chi connectivity index (χ2v) is 10.9. The molecule has 9 nitrogen and oxygen atoms in total. The summed E-state index contributed by atoms with van der Waals surface area (Å²) in [5.74, 6) is -0.254. The molecule has 12 heteroatoms. The number of amides is 1. The molecule has 0 aromatic heterocycles. The van der Waals surface area contributed by atoms with E-state index in [1.165, 1.54) is 37.4 Å². The van der Waals surface area contributed by atoms with Gasteiger partial charge in [0.2, 0.25) is 26.0 Å². The van der Waals surface area contributed by atoms with E-state index in [2.05, 4.69) is 10.0 Å². The van der Waals surface area contributed by atoms with Crippen molar-refractivity contribution in [3.05, 3.63) is 47.0 Å². The molecule has 2 aromatic rings. The minimum atomic E-state index is -4.01. The van der Waals surface area contributed by atoms with Gasteiger partial charge in [0.1, 0.15) is 5.75 Å². The van der Waals surface area contributed by atoms with Crippen LogP contribution in [0, 0.1) is 6.92 Å². The van der Waals surface area contributed by atoms with Crippen LogP contribution < -0.4 is 14.8 Å². The lowest BCUT2D eigenvalue weighted by Gasteiger charge is -2.21. The number of carbonyl (C=O) groups excluding carboxylic acids is 1. The lowest BCUT2D eigenvalue weighted by atomic mass is 10.2. The third kappa shape index (κ3) is 5.99. The Bertz CT molecular complexity index is 1200. The number of likely N-dealkylation sites (N-methyl/N-ethyl adjacent to an activating group) is 1. The van der Waals surface area contributed by atoms with E-state index in [1.54, 1.807) is 26.8 Å². The Morgan fingerprint density at radius 2 is 1.72 bits per heavy atom. The quantitative estimate of drug-likeness (QED) is 0.514. The average molecular weight is 504 g/mol. The monoisotopic (exact) mass is 503 g/mol. The van der Waals surface area contributed by atoms with Gasteiger partial charge in [-0.3, -0.25) is 4.79 Å². The van der Waals surface area contributed by atoms with Crippen molar-refractivity contribution in [2.45, 2.75) is 30.6 Å². The second-order valence-electron chi connectivity index (χ2n) is 6.69. The van der Waals surface area contributed by atoms with Crippen LogP contribution in [-0.2, 0) is 24.8 Å². The third-order valence-corrected chi connectivity index (χ3v) is 8.20. The number of carbonyl (C=O) groups is 1. The van der Waals surface area contributed by atoms with E-state index >= 15 is 0 Å². The van der Waals surface area contributed by atoms with E-state index in [1.807, 2.05) is 0 Å². The Hall–Kier alpha value is -2.18. The molecular formula is C20H26ClN3O6S2. The minimum absolute atomic E-state index is 0.0232. The number of nitrogens with zero attached hydrogens (tertiary/aromatic N) is 1. The summed E-state index contributed by atoms with van der Waals surface area (Å²) in [6.07, 6.45) is 0. The van der Waals surface area contributed by atoms with Gasteiger partial charge in [-0.15, -0.1) is 0 Å². The first-order valence-electron chi connectivity index (χ1n) is 9.72. The lowest BCUT2D eigenvalue weighted by Crippen LogP contribution is -2.38. The molecular weight excluding hydrogens is 478 g/mol. The normalized spacial score (nSPS) is 12.1. The highest BCUT2D eigenvalue weighted by Crippen LogP contribution is 2.29. The number of halogens is 1. The maximum absolute atomic E-state index is 13.0. The van der Waals surface area contributed by atoms with Gasteiger partial charge in [-0.1, -0.05) is 24.6 Å². The standard InChI is InChI=1S/C20H26ClN3O6S2/c1-5-24(32(28,29)16-9-10-19(30-6-2)17(21)11-16)13-20(25)23-18-12-15(8-7-14(18)3)31(26,27)22-4/h7-12,22H,5-6,13H2,1-4H3,(H,23,25). The molecule has 2 rings (SSSR count). The fourth-order valence-electron chi connectivity index (χ4n) is 2.80. The number of ether oxygens (including phenoxy) is 1. The van der Waals surface area contributed by atoms with Crippen molar-refractivity contribution in [2.75, 3.05) is 32.1 Å². The predicted octanol–water partition coefficient (Wildman–Crippen LogP) is 2.60. The topological polar surface area (TPSA) is 122 Å². The third-order valence-electron chi connectivity index (χ3n) is 4.58. The molecule has 0 atom stereocenters. The molecule has 0 aliphatic carbocycles. The molecule has 176 valence electrons. The van der Waals surface area contributed by atoms with E-state index in [0.29, 0.717) is 17.9 Å². The number of hydrogen-bond donors (Lipinski definition) is 2. The van der Waals surface area contributed by atoms with E-state index in [9.17, 15) is 21.6 Å². The molecule has 0 aliphatic heterocycles.